The van der Waals surface area contributed by atoms with E-state index < -0.39 is 12.5 Å². The summed E-state index contributed by atoms with van der Waals surface area (Å²) in [4.78, 5) is 0. The van der Waals surface area contributed by atoms with Crippen LogP contribution in [-0.2, 0) is 5.92 Å². The van der Waals surface area contributed by atoms with E-state index in [-0.39, 0.29) is 18.0 Å². The number of benzene rings is 1. The van der Waals surface area contributed by atoms with Gasteiger partial charge in [-0.3, -0.25) is 0 Å². The lowest BCUT2D eigenvalue weighted by molar-refractivity contribution is 0.00584. The van der Waals surface area contributed by atoms with Gasteiger partial charge in [0.2, 0.25) is 0 Å². The Morgan fingerprint density at radius 2 is 1.57 bits per heavy atom. The second-order valence-electron chi connectivity index (χ2n) is 3.28. The van der Waals surface area contributed by atoms with Crippen LogP contribution in [0.4, 0.5) is 8.78 Å². The molecule has 0 heterocycles. The average molecular weight is 222 g/mol. The van der Waals surface area contributed by atoms with Crippen LogP contribution in [0, 0.1) is 13.8 Å². The number of aryl methyl sites for hydroxylation is 2. The Morgan fingerprint density at radius 1 is 1.14 bits per heavy atom. The van der Waals surface area contributed by atoms with Gasteiger partial charge in [-0.1, -0.05) is 29.3 Å². The summed E-state index contributed by atoms with van der Waals surface area (Å²) in [7, 11) is 0. The minimum atomic E-state index is -2.91. The lowest BCUT2D eigenvalue weighted by Gasteiger charge is -2.15. The van der Waals surface area contributed by atoms with E-state index >= 15 is 0 Å². The Kier molecular flexibility index (Phi) is 4.49. The van der Waals surface area contributed by atoms with Crippen LogP contribution in [0.2, 0.25) is 0 Å². The van der Waals surface area contributed by atoms with Gasteiger partial charge in [-0.25, -0.2) is 0 Å². The molecule has 0 aliphatic carbocycles. The van der Waals surface area contributed by atoms with Crippen LogP contribution < -0.4 is 5.73 Å². The summed E-state index contributed by atoms with van der Waals surface area (Å²) >= 11 is 0. The number of nitrogens with two attached hydrogens (primary N) is 1. The van der Waals surface area contributed by atoms with E-state index in [1.165, 1.54) is 12.1 Å². The van der Waals surface area contributed by atoms with Crippen LogP contribution >= 0.6 is 12.4 Å². The molecule has 2 N–H and O–H groups in total. The van der Waals surface area contributed by atoms with Crippen molar-refractivity contribution in [3.8, 4) is 0 Å². The fourth-order valence-corrected chi connectivity index (χ4v) is 1.30. The third-order valence-corrected chi connectivity index (χ3v) is 1.90. The van der Waals surface area contributed by atoms with E-state index in [0.29, 0.717) is 0 Å². The van der Waals surface area contributed by atoms with Crippen LogP contribution in [-0.4, -0.2) is 6.54 Å². The van der Waals surface area contributed by atoms with Gasteiger partial charge in [0.15, 0.2) is 0 Å². The predicted octanol–water partition coefficient (Wildman–Crippen LogP) is 2.78. The molecule has 0 radical (unpaired) electrons. The van der Waals surface area contributed by atoms with Gasteiger partial charge in [-0.15, -0.1) is 12.4 Å². The fraction of sp³-hybridized carbons (Fsp3) is 0.400. The average Bonchev–Trinajstić information content (AvgIpc) is 2.02. The molecular weight excluding hydrogens is 208 g/mol. The van der Waals surface area contributed by atoms with E-state index in [0.717, 1.165) is 11.1 Å². The zero-order chi connectivity index (χ0) is 10.1. The molecule has 0 unspecified atom stereocenters. The maximum Gasteiger partial charge on any atom is 0.285 e. The molecule has 0 amide bonds. The highest BCUT2D eigenvalue weighted by Crippen LogP contribution is 2.27. The SMILES string of the molecule is Cc1cc(C)cc(C(F)(F)CN)c1.Cl. The Balaban J connectivity index is 0.00000169. The van der Waals surface area contributed by atoms with Crippen molar-refractivity contribution in [1.29, 1.82) is 0 Å². The Hall–Kier alpha value is -0.670. The monoisotopic (exact) mass is 221 g/mol. The predicted molar refractivity (Wildman–Crippen MR) is 56.1 cm³/mol. The first-order valence-electron chi connectivity index (χ1n) is 4.12. The summed E-state index contributed by atoms with van der Waals surface area (Å²) in [6, 6.07) is 4.80. The first-order chi connectivity index (χ1) is 5.95. The number of hydrogen-bond donors (Lipinski definition) is 1. The van der Waals surface area contributed by atoms with Crippen molar-refractivity contribution in [3.63, 3.8) is 0 Å². The van der Waals surface area contributed by atoms with Crippen molar-refractivity contribution in [2.45, 2.75) is 19.8 Å². The number of hydrogen-bond acceptors (Lipinski definition) is 1. The van der Waals surface area contributed by atoms with Crippen molar-refractivity contribution < 1.29 is 8.78 Å². The summed E-state index contributed by atoms with van der Waals surface area (Å²) in [5.74, 6) is -2.91. The maximum absolute atomic E-state index is 13.1. The van der Waals surface area contributed by atoms with Crippen LogP contribution in [0.25, 0.3) is 0 Å². The molecule has 14 heavy (non-hydrogen) atoms. The third-order valence-electron chi connectivity index (χ3n) is 1.90. The molecular formula is C10H14ClF2N. The molecule has 80 valence electrons. The minimum Gasteiger partial charge on any atom is -0.325 e. The van der Waals surface area contributed by atoms with Gasteiger partial charge in [-0.2, -0.15) is 8.78 Å². The molecule has 0 atom stereocenters. The molecule has 1 nitrogen and oxygen atoms in total. The van der Waals surface area contributed by atoms with Gasteiger partial charge in [0.25, 0.3) is 5.92 Å². The maximum atomic E-state index is 13.1. The number of alkyl halides is 2. The highest BCUT2D eigenvalue weighted by Gasteiger charge is 2.29. The molecule has 4 heteroatoms. The molecule has 0 spiro atoms. The Bertz CT molecular complexity index is 293. The fourth-order valence-electron chi connectivity index (χ4n) is 1.30. The topological polar surface area (TPSA) is 26.0 Å². The summed E-state index contributed by atoms with van der Waals surface area (Å²) in [6.07, 6.45) is 0. The van der Waals surface area contributed by atoms with Crippen LogP contribution in [0.15, 0.2) is 18.2 Å². The Morgan fingerprint density at radius 3 is 1.93 bits per heavy atom. The number of halogens is 3. The second kappa shape index (κ2) is 4.71. The molecule has 0 fully saturated rings. The highest BCUT2D eigenvalue weighted by atomic mass is 35.5. The zero-order valence-electron chi connectivity index (χ0n) is 8.18. The first-order valence-corrected chi connectivity index (χ1v) is 4.12. The second-order valence-corrected chi connectivity index (χ2v) is 3.28. The molecule has 1 aromatic rings. The molecule has 0 bridgehead atoms. The molecule has 1 rings (SSSR count). The standard InChI is InChI=1S/C10H13F2N.ClH/c1-7-3-8(2)5-9(4-7)10(11,12)6-13;/h3-5H,6,13H2,1-2H3;1H. The number of rotatable bonds is 2. The third kappa shape index (κ3) is 2.93. The van der Waals surface area contributed by atoms with Gasteiger partial charge in [0, 0.05) is 5.56 Å². The first kappa shape index (κ1) is 13.3. The van der Waals surface area contributed by atoms with Crippen LogP contribution in [0.3, 0.4) is 0 Å². The van der Waals surface area contributed by atoms with Crippen LogP contribution in [0.5, 0.6) is 0 Å². The van der Waals surface area contributed by atoms with Crippen molar-refractivity contribution >= 4 is 12.4 Å². The summed E-state index contributed by atoms with van der Waals surface area (Å²) in [5.41, 5.74) is 6.67. The summed E-state index contributed by atoms with van der Waals surface area (Å²) in [5, 5.41) is 0. The highest BCUT2D eigenvalue weighted by molar-refractivity contribution is 5.85. The van der Waals surface area contributed by atoms with Crippen molar-refractivity contribution in [1.82, 2.24) is 0 Å². The van der Waals surface area contributed by atoms with Gasteiger partial charge in [-0.05, 0) is 13.8 Å². The Labute approximate surface area is 88.7 Å². The quantitative estimate of drug-likeness (QED) is 0.817. The largest absolute Gasteiger partial charge is 0.325 e. The van der Waals surface area contributed by atoms with E-state index in [1.807, 2.05) is 6.07 Å². The molecule has 0 aromatic heterocycles. The lowest BCUT2D eigenvalue weighted by atomic mass is 10.0. The van der Waals surface area contributed by atoms with Gasteiger partial charge >= 0.3 is 0 Å². The van der Waals surface area contributed by atoms with E-state index in [1.54, 1.807) is 13.8 Å². The van der Waals surface area contributed by atoms with Gasteiger partial charge in [0.05, 0.1) is 6.54 Å². The van der Waals surface area contributed by atoms with Crippen LogP contribution in [0.1, 0.15) is 16.7 Å². The molecule has 0 saturated carbocycles. The normalized spacial score (nSPS) is 10.9. The lowest BCUT2D eigenvalue weighted by Crippen LogP contribution is -2.25. The smallest absolute Gasteiger partial charge is 0.285 e. The zero-order valence-corrected chi connectivity index (χ0v) is 9.00. The van der Waals surface area contributed by atoms with Crippen molar-refractivity contribution in [2.75, 3.05) is 6.54 Å². The molecule has 0 aliphatic heterocycles. The minimum absolute atomic E-state index is 0. The van der Waals surface area contributed by atoms with Gasteiger partial charge in [0.1, 0.15) is 0 Å². The van der Waals surface area contributed by atoms with Crippen molar-refractivity contribution in [2.24, 2.45) is 5.73 Å². The molecule has 1 aromatic carbocycles. The van der Waals surface area contributed by atoms with E-state index in [4.69, 9.17) is 5.73 Å². The van der Waals surface area contributed by atoms with E-state index in [9.17, 15) is 8.78 Å². The molecule has 0 aliphatic rings. The van der Waals surface area contributed by atoms with E-state index in [2.05, 4.69) is 0 Å². The summed E-state index contributed by atoms with van der Waals surface area (Å²) in [6.45, 7) is 2.95. The van der Waals surface area contributed by atoms with Crippen molar-refractivity contribution in [3.05, 3.63) is 34.9 Å². The summed E-state index contributed by atoms with van der Waals surface area (Å²) < 4.78 is 26.2. The van der Waals surface area contributed by atoms with Gasteiger partial charge < -0.3 is 5.73 Å². The molecule has 0 saturated heterocycles.